The maximum atomic E-state index is 14.1. The predicted octanol–water partition coefficient (Wildman–Crippen LogP) is 3.49. The van der Waals surface area contributed by atoms with Crippen LogP contribution in [0.1, 0.15) is 5.56 Å². The molecule has 0 saturated carbocycles. The molecule has 0 saturated heterocycles. The summed E-state index contributed by atoms with van der Waals surface area (Å²) in [5.74, 6) is -0.959. The van der Waals surface area contributed by atoms with Gasteiger partial charge in [-0.2, -0.15) is 0 Å². The summed E-state index contributed by atoms with van der Waals surface area (Å²) < 4.78 is 42.2. The van der Waals surface area contributed by atoms with Crippen molar-refractivity contribution < 1.29 is 17.9 Å². The van der Waals surface area contributed by atoms with Crippen molar-refractivity contribution in [2.75, 3.05) is 4.72 Å². The van der Waals surface area contributed by atoms with Gasteiger partial charge in [-0.1, -0.05) is 28.1 Å². The fourth-order valence-corrected chi connectivity index (χ4v) is 4.26. The summed E-state index contributed by atoms with van der Waals surface area (Å²) in [5, 5.41) is 9.09. The molecule has 2 aromatic rings. The van der Waals surface area contributed by atoms with E-state index in [-0.39, 0.29) is 5.56 Å². The van der Waals surface area contributed by atoms with Crippen molar-refractivity contribution in [3.05, 3.63) is 55.8 Å². The Morgan fingerprint density at radius 3 is 2.57 bits per heavy atom. The molecule has 0 amide bonds. The number of nitrogens with one attached hydrogen (secondary N) is 1. The topological polar surface area (TPSA) is 66.4 Å². The maximum absolute atomic E-state index is 14.1. The van der Waals surface area contributed by atoms with Gasteiger partial charge in [-0.05, 0) is 46.9 Å². The van der Waals surface area contributed by atoms with Gasteiger partial charge in [-0.3, -0.25) is 4.72 Å². The molecule has 8 heteroatoms. The van der Waals surface area contributed by atoms with Crippen LogP contribution in [0.25, 0.3) is 0 Å². The summed E-state index contributed by atoms with van der Waals surface area (Å²) in [6.07, 6.45) is 0. The van der Waals surface area contributed by atoms with E-state index in [1.807, 2.05) is 22.6 Å². The summed E-state index contributed by atoms with van der Waals surface area (Å²) in [6, 6.07) is 9.25. The van der Waals surface area contributed by atoms with Crippen LogP contribution >= 0.6 is 38.5 Å². The Bertz CT molecular complexity index is 783. The predicted molar refractivity (Wildman–Crippen MR) is 90.0 cm³/mol. The smallest absolute Gasteiger partial charge is 0.264 e. The van der Waals surface area contributed by atoms with Crippen LogP contribution in [0.2, 0.25) is 0 Å². The molecule has 0 heterocycles. The highest BCUT2D eigenvalue weighted by Gasteiger charge is 2.23. The highest BCUT2D eigenvalue weighted by atomic mass is 127. The number of para-hydroxylation sites is 1. The van der Waals surface area contributed by atoms with Crippen molar-refractivity contribution in [3.63, 3.8) is 0 Å². The molecular weight excluding hydrogens is 476 g/mol. The normalized spacial score (nSPS) is 11.4. The van der Waals surface area contributed by atoms with Gasteiger partial charge in [0.05, 0.1) is 12.3 Å². The number of aliphatic hydroxyl groups is 1. The summed E-state index contributed by atoms with van der Waals surface area (Å²) >= 11 is 5.09. The molecule has 0 bridgehead atoms. The van der Waals surface area contributed by atoms with E-state index in [2.05, 4.69) is 20.7 Å². The first-order valence-corrected chi connectivity index (χ1v) is 9.07. The minimum absolute atomic E-state index is 0.0903. The van der Waals surface area contributed by atoms with Crippen molar-refractivity contribution in [2.45, 2.75) is 11.5 Å². The third-order valence-corrected chi connectivity index (χ3v) is 5.42. The number of sulfonamides is 1. The average molecular weight is 486 g/mol. The van der Waals surface area contributed by atoms with Crippen LogP contribution in [0.4, 0.5) is 10.1 Å². The summed E-state index contributed by atoms with van der Waals surface area (Å²) in [6.45, 7) is -0.587. The Hall–Kier alpha value is -0.710. The largest absolute Gasteiger partial charge is 0.392 e. The van der Waals surface area contributed by atoms with Gasteiger partial charge >= 0.3 is 0 Å². The lowest BCUT2D eigenvalue weighted by molar-refractivity contribution is 0.274. The van der Waals surface area contributed by atoms with Crippen LogP contribution in [0.5, 0.6) is 0 Å². The molecule has 4 nitrogen and oxygen atoms in total. The summed E-state index contributed by atoms with van der Waals surface area (Å²) in [4.78, 5) is -0.513. The quantitative estimate of drug-likeness (QED) is 0.651. The fourth-order valence-electron chi connectivity index (χ4n) is 1.67. The molecule has 0 aliphatic heterocycles. The highest BCUT2D eigenvalue weighted by molar-refractivity contribution is 14.1. The average Bonchev–Trinajstić information content (AvgIpc) is 2.43. The third-order valence-electron chi connectivity index (χ3n) is 2.66. The zero-order valence-corrected chi connectivity index (χ0v) is 15.0. The summed E-state index contributed by atoms with van der Waals surface area (Å²) in [7, 11) is -4.09. The van der Waals surface area contributed by atoms with Crippen LogP contribution in [0.3, 0.4) is 0 Å². The lowest BCUT2D eigenvalue weighted by Crippen LogP contribution is -2.16. The Labute approximate surface area is 143 Å². The first-order valence-electron chi connectivity index (χ1n) is 5.71. The molecule has 0 radical (unpaired) electrons. The first-order chi connectivity index (χ1) is 9.85. The second-order valence-electron chi connectivity index (χ2n) is 4.12. The van der Waals surface area contributed by atoms with Crippen molar-refractivity contribution in [1.82, 2.24) is 0 Å². The number of aliphatic hydroxyl groups excluding tert-OH is 1. The number of benzene rings is 2. The number of halogens is 3. The molecule has 0 fully saturated rings. The Morgan fingerprint density at radius 2 is 1.95 bits per heavy atom. The lowest BCUT2D eigenvalue weighted by Gasteiger charge is -2.12. The number of hydrogen-bond donors (Lipinski definition) is 2. The van der Waals surface area contributed by atoms with E-state index in [1.54, 1.807) is 24.3 Å². The zero-order chi connectivity index (χ0) is 15.6. The van der Waals surface area contributed by atoms with E-state index in [0.717, 1.165) is 6.07 Å². The minimum Gasteiger partial charge on any atom is -0.392 e. The molecule has 2 N–H and O–H groups in total. The molecule has 2 rings (SSSR count). The van der Waals surface area contributed by atoms with Gasteiger partial charge in [0, 0.05) is 13.6 Å². The van der Waals surface area contributed by atoms with Gasteiger partial charge in [-0.15, -0.1) is 0 Å². The first kappa shape index (κ1) is 16.7. The van der Waals surface area contributed by atoms with E-state index >= 15 is 0 Å². The minimum atomic E-state index is -4.09. The van der Waals surface area contributed by atoms with Crippen molar-refractivity contribution in [2.24, 2.45) is 0 Å². The second kappa shape index (κ2) is 6.59. The molecule has 21 heavy (non-hydrogen) atoms. The molecule has 112 valence electrons. The molecule has 0 aromatic heterocycles. The van der Waals surface area contributed by atoms with Gasteiger partial charge < -0.3 is 5.11 Å². The second-order valence-corrected chi connectivity index (χ2v) is 7.85. The maximum Gasteiger partial charge on any atom is 0.264 e. The van der Waals surface area contributed by atoms with Gasteiger partial charge in [0.25, 0.3) is 10.0 Å². The molecule has 0 aliphatic rings. The van der Waals surface area contributed by atoms with Crippen molar-refractivity contribution in [1.29, 1.82) is 0 Å². The van der Waals surface area contributed by atoms with Crippen molar-refractivity contribution in [3.8, 4) is 0 Å². The Morgan fingerprint density at radius 1 is 1.29 bits per heavy atom. The van der Waals surface area contributed by atoms with E-state index in [4.69, 9.17) is 5.11 Å². The molecule has 2 aromatic carbocycles. The SMILES string of the molecule is O=S(=O)(Nc1ccccc1I)c1cc(Br)cc(CO)c1F. The molecular formula is C13H10BrFINO3S. The fraction of sp³-hybridized carbons (Fsp3) is 0.0769. The van der Waals surface area contributed by atoms with E-state index < -0.39 is 27.3 Å². The van der Waals surface area contributed by atoms with E-state index in [0.29, 0.717) is 13.7 Å². The number of hydrogen-bond acceptors (Lipinski definition) is 3. The van der Waals surface area contributed by atoms with Gasteiger partial charge in [0.15, 0.2) is 0 Å². The van der Waals surface area contributed by atoms with Crippen LogP contribution in [-0.2, 0) is 16.6 Å². The lowest BCUT2D eigenvalue weighted by atomic mass is 10.2. The zero-order valence-electron chi connectivity index (χ0n) is 10.5. The molecule has 0 atom stereocenters. The third kappa shape index (κ3) is 3.74. The van der Waals surface area contributed by atoms with Gasteiger partial charge in [0.2, 0.25) is 0 Å². The summed E-state index contributed by atoms with van der Waals surface area (Å²) in [5.41, 5.74) is 0.274. The van der Waals surface area contributed by atoms with Gasteiger partial charge in [0.1, 0.15) is 10.7 Å². The van der Waals surface area contributed by atoms with E-state index in [1.165, 1.54) is 6.07 Å². The van der Waals surface area contributed by atoms with Crippen LogP contribution in [0.15, 0.2) is 45.8 Å². The van der Waals surface area contributed by atoms with Crippen LogP contribution in [-0.4, -0.2) is 13.5 Å². The Kier molecular flexibility index (Phi) is 5.23. The standard InChI is InChI=1S/C13H10BrFINO3S/c14-9-5-8(7-18)13(15)12(6-9)21(19,20)17-11-4-2-1-3-10(11)16/h1-6,17-18H,7H2. The Balaban J connectivity index is 2.50. The molecule has 0 aliphatic carbocycles. The van der Waals surface area contributed by atoms with Crippen LogP contribution in [0, 0.1) is 9.39 Å². The number of rotatable bonds is 4. The van der Waals surface area contributed by atoms with Crippen molar-refractivity contribution >= 4 is 54.2 Å². The molecule has 0 spiro atoms. The molecule has 0 unspecified atom stereocenters. The number of anilines is 1. The monoisotopic (exact) mass is 485 g/mol. The van der Waals surface area contributed by atoms with Gasteiger partial charge in [-0.25, -0.2) is 12.8 Å². The van der Waals surface area contributed by atoms with Crippen LogP contribution < -0.4 is 4.72 Å². The van der Waals surface area contributed by atoms with E-state index in [9.17, 15) is 12.8 Å². The highest BCUT2D eigenvalue weighted by Crippen LogP contribution is 2.27.